The summed E-state index contributed by atoms with van der Waals surface area (Å²) in [6, 6.07) is 14.5. The summed E-state index contributed by atoms with van der Waals surface area (Å²) in [7, 11) is 0. The fraction of sp³-hybridized carbons (Fsp3) is 0.364. The molecule has 1 atom stereocenters. The second-order valence-corrected chi connectivity index (χ2v) is 6.77. The SMILES string of the molecule is CCOc1ccc(N2C[C@H](CNC(=O)Nc3ccccc3OCC)CC2=O)cc1. The Morgan fingerprint density at radius 2 is 1.79 bits per heavy atom. The zero-order valence-corrected chi connectivity index (χ0v) is 16.8. The Balaban J connectivity index is 1.51. The summed E-state index contributed by atoms with van der Waals surface area (Å²) >= 11 is 0. The van der Waals surface area contributed by atoms with Crippen LogP contribution in [0.2, 0.25) is 0 Å². The molecule has 2 aromatic rings. The highest BCUT2D eigenvalue weighted by molar-refractivity contribution is 5.96. The van der Waals surface area contributed by atoms with Gasteiger partial charge in [-0.2, -0.15) is 0 Å². The van der Waals surface area contributed by atoms with Crippen LogP contribution in [-0.2, 0) is 4.79 Å². The topological polar surface area (TPSA) is 79.9 Å². The molecule has 7 nitrogen and oxygen atoms in total. The standard InChI is InChI=1S/C22H27N3O4/c1-3-28-18-11-9-17(10-12-18)25-15-16(13-21(25)26)14-23-22(27)24-19-7-5-6-8-20(19)29-4-2/h5-12,16H,3-4,13-15H2,1-2H3,(H2,23,24,27)/t16-/m0/s1. The van der Waals surface area contributed by atoms with Gasteiger partial charge in [0, 0.05) is 31.1 Å². The number of carbonyl (C=O) groups is 2. The number of hydrogen-bond donors (Lipinski definition) is 2. The number of hydrogen-bond acceptors (Lipinski definition) is 4. The van der Waals surface area contributed by atoms with E-state index in [1.807, 2.05) is 56.3 Å². The fourth-order valence-corrected chi connectivity index (χ4v) is 3.31. The number of amides is 3. The van der Waals surface area contributed by atoms with Crippen molar-refractivity contribution in [2.75, 3.05) is 36.5 Å². The van der Waals surface area contributed by atoms with Crippen molar-refractivity contribution in [2.24, 2.45) is 5.92 Å². The molecule has 1 aliphatic heterocycles. The predicted octanol–water partition coefficient (Wildman–Crippen LogP) is 3.66. The summed E-state index contributed by atoms with van der Waals surface area (Å²) < 4.78 is 11.0. The van der Waals surface area contributed by atoms with E-state index < -0.39 is 0 Å². The van der Waals surface area contributed by atoms with Crippen molar-refractivity contribution in [1.82, 2.24) is 5.32 Å². The number of benzene rings is 2. The lowest BCUT2D eigenvalue weighted by Gasteiger charge is -2.18. The van der Waals surface area contributed by atoms with Gasteiger partial charge in [0.2, 0.25) is 5.91 Å². The van der Waals surface area contributed by atoms with Crippen LogP contribution in [0.15, 0.2) is 48.5 Å². The Hall–Kier alpha value is -3.22. The Bertz CT molecular complexity index is 838. The molecule has 7 heteroatoms. The lowest BCUT2D eigenvalue weighted by Crippen LogP contribution is -2.34. The van der Waals surface area contributed by atoms with E-state index in [1.54, 1.807) is 11.0 Å². The zero-order valence-electron chi connectivity index (χ0n) is 16.8. The van der Waals surface area contributed by atoms with Gasteiger partial charge in [-0.3, -0.25) is 4.79 Å². The van der Waals surface area contributed by atoms with E-state index in [2.05, 4.69) is 10.6 Å². The highest BCUT2D eigenvalue weighted by atomic mass is 16.5. The second-order valence-electron chi connectivity index (χ2n) is 6.77. The van der Waals surface area contributed by atoms with Gasteiger partial charge in [0.1, 0.15) is 11.5 Å². The monoisotopic (exact) mass is 397 g/mol. The first-order valence-electron chi connectivity index (χ1n) is 9.90. The van der Waals surface area contributed by atoms with Gasteiger partial charge in [0.25, 0.3) is 0 Å². The van der Waals surface area contributed by atoms with Gasteiger partial charge in [-0.05, 0) is 50.2 Å². The van der Waals surface area contributed by atoms with Crippen LogP contribution in [0.25, 0.3) is 0 Å². The number of anilines is 2. The number of nitrogens with zero attached hydrogens (tertiary/aromatic N) is 1. The molecule has 0 radical (unpaired) electrons. The molecular weight excluding hydrogens is 370 g/mol. The number of rotatable bonds is 8. The highest BCUT2D eigenvalue weighted by Crippen LogP contribution is 2.27. The van der Waals surface area contributed by atoms with Crippen LogP contribution in [0.3, 0.4) is 0 Å². The van der Waals surface area contributed by atoms with Crippen molar-refractivity contribution in [3.63, 3.8) is 0 Å². The Morgan fingerprint density at radius 3 is 2.52 bits per heavy atom. The molecule has 0 spiro atoms. The number of carbonyl (C=O) groups excluding carboxylic acids is 2. The van der Waals surface area contributed by atoms with Gasteiger partial charge in [0.05, 0.1) is 18.9 Å². The van der Waals surface area contributed by atoms with Gasteiger partial charge in [-0.1, -0.05) is 12.1 Å². The highest BCUT2D eigenvalue weighted by Gasteiger charge is 2.30. The molecule has 0 bridgehead atoms. The van der Waals surface area contributed by atoms with Crippen LogP contribution in [-0.4, -0.2) is 38.2 Å². The number of nitrogens with one attached hydrogen (secondary N) is 2. The van der Waals surface area contributed by atoms with E-state index in [-0.39, 0.29) is 17.9 Å². The minimum atomic E-state index is -0.316. The summed E-state index contributed by atoms with van der Waals surface area (Å²) in [6.45, 7) is 5.94. The average Bonchev–Trinajstić information content (AvgIpc) is 3.10. The lowest BCUT2D eigenvalue weighted by atomic mass is 10.1. The molecule has 1 fully saturated rings. The Labute approximate surface area is 171 Å². The molecule has 2 aromatic carbocycles. The summed E-state index contributed by atoms with van der Waals surface area (Å²) in [5, 5.41) is 5.66. The van der Waals surface area contributed by atoms with Gasteiger partial charge in [-0.25, -0.2) is 4.79 Å². The van der Waals surface area contributed by atoms with Gasteiger partial charge < -0.3 is 25.0 Å². The summed E-state index contributed by atoms with van der Waals surface area (Å²) in [5.74, 6) is 1.53. The van der Waals surface area contributed by atoms with Crippen molar-refractivity contribution in [3.05, 3.63) is 48.5 Å². The van der Waals surface area contributed by atoms with E-state index in [0.29, 0.717) is 44.2 Å². The summed E-state index contributed by atoms with van der Waals surface area (Å²) in [5.41, 5.74) is 1.46. The Kier molecular flexibility index (Phi) is 6.94. The van der Waals surface area contributed by atoms with Crippen molar-refractivity contribution in [2.45, 2.75) is 20.3 Å². The number of para-hydroxylation sites is 2. The summed E-state index contributed by atoms with van der Waals surface area (Å²) in [6.07, 6.45) is 0.406. The molecular formula is C22H27N3O4. The smallest absolute Gasteiger partial charge is 0.319 e. The maximum Gasteiger partial charge on any atom is 0.319 e. The third kappa shape index (κ3) is 5.40. The van der Waals surface area contributed by atoms with Crippen molar-refractivity contribution in [3.8, 4) is 11.5 Å². The molecule has 3 rings (SSSR count). The van der Waals surface area contributed by atoms with Gasteiger partial charge in [-0.15, -0.1) is 0 Å². The van der Waals surface area contributed by atoms with Crippen LogP contribution >= 0.6 is 0 Å². The molecule has 0 aromatic heterocycles. The zero-order chi connectivity index (χ0) is 20.6. The fourth-order valence-electron chi connectivity index (χ4n) is 3.31. The third-order valence-corrected chi connectivity index (χ3v) is 4.65. The van der Waals surface area contributed by atoms with Crippen molar-refractivity contribution >= 4 is 23.3 Å². The van der Waals surface area contributed by atoms with E-state index in [9.17, 15) is 9.59 Å². The molecule has 29 heavy (non-hydrogen) atoms. The maximum atomic E-state index is 12.4. The quantitative estimate of drug-likeness (QED) is 0.712. The minimum absolute atomic E-state index is 0.0574. The Morgan fingerprint density at radius 1 is 1.07 bits per heavy atom. The van der Waals surface area contributed by atoms with Crippen LogP contribution < -0.4 is 25.0 Å². The predicted molar refractivity (Wildman–Crippen MR) is 113 cm³/mol. The molecule has 0 unspecified atom stereocenters. The van der Waals surface area contributed by atoms with Crippen molar-refractivity contribution < 1.29 is 19.1 Å². The van der Waals surface area contributed by atoms with Crippen LogP contribution in [0.1, 0.15) is 20.3 Å². The molecule has 0 aliphatic carbocycles. The maximum absolute atomic E-state index is 12.4. The summed E-state index contributed by atoms with van der Waals surface area (Å²) in [4.78, 5) is 26.4. The molecule has 154 valence electrons. The van der Waals surface area contributed by atoms with Crippen LogP contribution in [0, 0.1) is 5.92 Å². The normalized spacial score (nSPS) is 15.9. The first-order valence-corrected chi connectivity index (χ1v) is 9.90. The van der Waals surface area contributed by atoms with E-state index >= 15 is 0 Å². The number of ether oxygens (including phenoxy) is 2. The largest absolute Gasteiger partial charge is 0.494 e. The molecule has 2 N–H and O–H groups in total. The molecule has 1 heterocycles. The number of urea groups is 1. The average molecular weight is 397 g/mol. The van der Waals surface area contributed by atoms with E-state index in [0.717, 1.165) is 11.4 Å². The van der Waals surface area contributed by atoms with Gasteiger partial charge in [0.15, 0.2) is 0 Å². The molecule has 0 saturated carbocycles. The molecule has 1 aliphatic rings. The first-order chi connectivity index (χ1) is 14.1. The van der Waals surface area contributed by atoms with Crippen molar-refractivity contribution in [1.29, 1.82) is 0 Å². The van der Waals surface area contributed by atoms with E-state index in [1.165, 1.54) is 0 Å². The van der Waals surface area contributed by atoms with Gasteiger partial charge >= 0.3 is 6.03 Å². The van der Waals surface area contributed by atoms with Crippen LogP contribution in [0.4, 0.5) is 16.2 Å². The second kappa shape index (κ2) is 9.82. The third-order valence-electron chi connectivity index (χ3n) is 4.65. The first kappa shape index (κ1) is 20.5. The minimum Gasteiger partial charge on any atom is -0.494 e. The molecule has 1 saturated heterocycles. The van der Waals surface area contributed by atoms with E-state index in [4.69, 9.17) is 9.47 Å². The molecule has 3 amide bonds. The van der Waals surface area contributed by atoms with Crippen LogP contribution in [0.5, 0.6) is 11.5 Å². The lowest BCUT2D eigenvalue weighted by molar-refractivity contribution is -0.117.